The molecule has 0 saturated carbocycles. The molecular weight excluding hydrogens is 386 g/mol. The van der Waals surface area contributed by atoms with Gasteiger partial charge in [0.1, 0.15) is 11.4 Å². The Morgan fingerprint density at radius 3 is 2.48 bits per heavy atom. The molecule has 5 nitrogen and oxygen atoms in total. The van der Waals surface area contributed by atoms with E-state index < -0.39 is 0 Å². The summed E-state index contributed by atoms with van der Waals surface area (Å²) in [7, 11) is 0. The lowest BCUT2D eigenvalue weighted by atomic mass is 10.1. The Bertz CT molecular complexity index is 1240. The van der Waals surface area contributed by atoms with Crippen LogP contribution < -0.4 is 10.1 Å². The molecule has 2 aromatic carbocycles. The largest absolute Gasteiger partial charge is 0.494 e. The molecule has 4 rings (SSSR count). The van der Waals surface area contributed by atoms with Crippen molar-refractivity contribution in [2.75, 3.05) is 11.9 Å². The quantitative estimate of drug-likeness (QED) is 0.416. The van der Waals surface area contributed by atoms with Crippen molar-refractivity contribution in [1.82, 2.24) is 9.38 Å². The van der Waals surface area contributed by atoms with Crippen molar-refractivity contribution in [2.45, 2.75) is 20.8 Å². The number of carbonyl (C=O) groups is 1. The second-order valence-corrected chi connectivity index (χ2v) is 7.42. The van der Waals surface area contributed by atoms with Crippen LogP contribution >= 0.6 is 0 Å². The lowest BCUT2D eigenvalue weighted by Gasteiger charge is -2.05. The van der Waals surface area contributed by atoms with Crippen LogP contribution in [0.5, 0.6) is 5.75 Å². The first-order chi connectivity index (χ1) is 15.0. The standard InChI is InChI=1S/C26H25N3O2/c1-4-31-22-11-9-21(10-12-22)27-25(30)14-13-23-26(20-7-5-18(2)6-8-20)28-24-17-19(3)15-16-29(23)24/h5-17H,4H2,1-3H3,(H,27,30)/b14-13+. The van der Waals surface area contributed by atoms with Crippen molar-refractivity contribution < 1.29 is 9.53 Å². The minimum atomic E-state index is -0.207. The number of rotatable bonds is 6. The van der Waals surface area contributed by atoms with Crippen LogP contribution in [0.25, 0.3) is 23.0 Å². The molecule has 0 unspecified atom stereocenters. The number of anilines is 1. The number of nitrogens with zero attached hydrogens (tertiary/aromatic N) is 2. The third-order valence-electron chi connectivity index (χ3n) is 4.97. The number of pyridine rings is 1. The van der Waals surface area contributed by atoms with E-state index in [2.05, 4.69) is 36.5 Å². The second-order valence-electron chi connectivity index (χ2n) is 7.42. The molecule has 0 atom stereocenters. The molecule has 5 heteroatoms. The summed E-state index contributed by atoms with van der Waals surface area (Å²) in [4.78, 5) is 17.4. The topological polar surface area (TPSA) is 55.6 Å². The molecule has 0 radical (unpaired) electrons. The molecule has 156 valence electrons. The minimum absolute atomic E-state index is 0.207. The maximum atomic E-state index is 12.5. The van der Waals surface area contributed by atoms with Gasteiger partial charge in [-0.15, -0.1) is 0 Å². The van der Waals surface area contributed by atoms with Crippen molar-refractivity contribution in [3.8, 4) is 17.0 Å². The molecule has 0 spiro atoms. The third kappa shape index (κ3) is 4.67. The molecular formula is C26H25N3O2. The molecule has 2 heterocycles. The van der Waals surface area contributed by atoms with E-state index in [9.17, 15) is 4.79 Å². The monoisotopic (exact) mass is 411 g/mol. The van der Waals surface area contributed by atoms with Gasteiger partial charge in [0, 0.05) is 23.5 Å². The average molecular weight is 412 g/mol. The first-order valence-electron chi connectivity index (χ1n) is 10.3. The fraction of sp³-hybridized carbons (Fsp3) is 0.154. The third-order valence-corrected chi connectivity index (χ3v) is 4.97. The van der Waals surface area contributed by atoms with Crippen molar-refractivity contribution in [3.05, 3.63) is 89.8 Å². The highest BCUT2D eigenvalue weighted by Crippen LogP contribution is 2.26. The van der Waals surface area contributed by atoms with Crippen molar-refractivity contribution in [2.24, 2.45) is 0 Å². The van der Waals surface area contributed by atoms with E-state index >= 15 is 0 Å². The van der Waals surface area contributed by atoms with Crippen molar-refractivity contribution in [3.63, 3.8) is 0 Å². The first-order valence-corrected chi connectivity index (χ1v) is 10.3. The SMILES string of the molecule is CCOc1ccc(NC(=O)/C=C/c2c(-c3ccc(C)cc3)nc3cc(C)ccn23)cc1. The number of aromatic nitrogens is 2. The first kappa shape index (κ1) is 20.4. The molecule has 4 aromatic rings. The van der Waals surface area contributed by atoms with Gasteiger partial charge in [-0.1, -0.05) is 29.8 Å². The zero-order valence-electron chi connectivity index (χ0n) is 17.9. The fourth-order valence-electron chi connectivity index (χ4n) is 3.39. The Morgan fingerprint density at radius 1 is 1.03 bits per heavy atom. The van der Waals surface area contributed by atoms with Crippen molar-refractivity contribution >= 4 is 23.3 Å². The van der Waals surface area contributed by atoms with Crippen molar-refractivity contribution in [1.29, 1.82) is 0 Å². The lowest BCUT2D eigenvalue weighted by Crippen LogP contribution is -2.07. The van der Waals surface area contributed by atoms with E-state index in [0.717, 1.165) is 33.9 Å². The molecule has 2 aromatic heterocycles. The molecule has 0 aliphatic carbocycles. The summed E-state index contributed by atoms with van der Waals surface area (Å²) in [6.07, 6.45) is 5.34. The average Bonchev–Trinajstić information content (AvgIpc) is 3.12. The van der Waals surface area contributed by atoms with E-state index in [1.54, 1.807) is 0 Å². The number of benzene rings is 2. The Balaban J connectivity index is 1.63. The highest BCUT2D eigenvalue weighted by molar-refractivity contribution is 6.02. The lowest BCUT2D eigenvalue weighted by molar-refractivity contribution is -0.111. The van der Waals surface area contributed by atoms with Gasteiger partial charge < -0.3 is 10.1 Å². The molecule has 0 bridgehead atoms. The Kier molecular flexibility index (Phi) is 5.85. The summed E-state index contributed by atoms with van der Waals surface area (Å²) in [6, 6.07) is 19.6. The number of carbonyl (C=O) groups excluding carboxylic acids is 1. The molecule has 31 heavy (non-hydrogen) atoms. The maximum absolute atomic E-state index is 12.5. The maximum Gasteiger partial charge on any atom is 0.248 e. The van der Waals surface area contributed by atoms with Gasteiger partial charge in [0.2, 0.25) is 5.91 Å². The Hall–Kier alpha value is -3.86. The number of fused-ring (bicyclic) bond motifs is 1. The molecule has 0 aliphatic heterocycles. The van der Waals surface area contributed by atoms with Crippen LogP contribution in [0.15, 0.2) is 72.9 Å². The minimum Gasteiger partial charge on any atom is -0.494 e. The summed E-state index contributed by atoms with van der Waals surface area (Å²) in [5, 5.41) is 2.89. The van der Waals surface area contributed by atoms with E-state index in [4.69, 9.17) is 9.72 Å². The number of hydrogen-bond donors (Lipinski definition) is 1. The van der Waals surface area contributed by atoms with E-state index in [-0.39, 0.29) is 5.91 Å². The number of amides is 1. The zero-order valence-corrected chi connectivity index (χ0v) is 17.9. The molecule has 0 saturated heterocycles. The van der Waals surface area contributed by atoms with Gasteiger partial charge in [0.05, 0.1) is 18.0 Å². The van der Waals surface area contributed by atoms with Crippen LogP contribution in [-0.4, -0.2) is 21.9 Å². The van der Waals surface area contributed by atoms with Gasteiger partial charge in [0.25, 0.3) is 0 Å². The predicted octanol–water partition coefficient (Wildman–Crippen LogP) is 5.67. The van der Waals surface area contributed by atoms with Gasteiger partial charge in [-0.3, -0.25) is 9.20 Å². The Morgan fingerprint density at radius 2 is 1.77 bits per heavy atom. The van der Waals surface area contributed by atoms with Gasteiger partial charge in [-0.25, -0.2) is 4.98 Å². The summed E-state index contributed by atoms with van der Waals surface area (Å²) in [5.74, 6) is 0.570. The van der Waals surface area contributed by atoms with Crippen LogP contribution in [0.3, 0.4) is 0 Å². The molecule has 0 aliphatic rings. The van der Waals surface area contributed by atoms with Crippen LogP contribution in [0, 0.1) is 13.8 Å². The molecule has 0 fully saturated rings. The van der Waals surface area contributed by atoms with Crippen LogP contribution in [-0.2, 0) is 4.79 Å². The number of imidazole rings is 1. The molecule has 1 N–H and O–H groups in total. The second kappa shape index (κ2) is 8.88. The van der Waals surface area contributed by atoms with E-state index in [1.165, 1.54) is 11.6 Å². The van der Waals surface area contributed by atoms with Gasteiger partial charge >= 0.3 is 0 Å². The fourth-order valence-corrected chi connectivity index (χ4v) is 3.39. The number of aryl methyl sites for hydroxylation is 2. The summed E-state index contributed by atoms with van der Waals surface area (Å²) in [6.45, 7) is 6.65. The van der Waals surface area contributed by atoms with E-state index in [1.807, 2.05) is 66.9 Å². The highest BCUT2D eigenvalue weighted by Gasteiger charge is 2.12. The van der Waals surface area contributed by atoms with Gasteiger partial charge in [-0.2, -0.15) is 0 Å². The summed E-state index contributed by atoms with van der Waals surface area (Å²) < 4.78 is 7.44. The zero-order chi connectivity index (χ0) is 21.8. The van der Waals surface area contributed by atoms with Gasteiger partial charge in [-0.05, 0) is 68.8 Å². The predicted molar refractivity (Wildman–Crippen MR) is 125 cm³/mol. The van der Waals surface area contributed by atoms with Crippen LogP contribution in [0.1, 0.15) is 23.7 Å². The molecule has 1 amide bonds. The van der Waals surface area contributed by atoms with E-state index in [0.29, 0.717) is 12.3 Å². The summed E-state index contributed by atoms with van der Waals surface area (Å²) >= 11 is 0. The normalized spacial score (nSPS) is 11.2. The number of hydrogen-bond acceptors (Lipinski definition) is 3. The number of nitrogens with one attached hydrogen (secondary N) is 1. The Labute approximate surface area is 182 Å². The van der Waals surface area contributed by atoms with Gasteiger partial charge in [0.15, 0.2) is 0 Å². The van der Waals surface area contributed by atoms with Crippen LogP contribution in [0.2, 0.25) is 0 Å². The smallest absolute Gasteiger partial charge is 0.248 e. The highest BCUT2D eigenvalue weighted by atomic mass is 16.5. The number of ether oxygens (including phenoxy) is 1. The van der Waals surface area contributed by atoms with Crippen LogP contribution in [0.4, 0.5) is 5.69 Å². The summed E-state index contributed by atoms with van der Waals surface area (Å²) in [5.41, 5.74) is 6.61.